The molecule has 100 valence electrons. The lowest BCUT2D eigenvalue weighted by Crippen LogP contribution is -2.17. The van der Waals surface area contributed by atoms with E-state index in [1.54, 1.807) is 0 Å². The van der Waals surface area contributed by atoms with Gasteiger partial charge in [0.25, 0.3) is 0 Å². The third-order valence-corrected chi connectivity index (χ3v) is 3.35. The van der Waals surface area contributed by atoms with E-state index in [2.05, 4.69) is 0 Å². The van der Waals surface area contributed by atoms with E-state index in [1.165, 1.54) is 38.5 Å². The maximum absolute atomic E-state index is 11.3. The summed E-state index contributed by atoms with van der Waals surface area (Å²) in [6, 6.07) is 0. The van der Waals surface area contributed by atoms with E-state index < -0.39 is 6.29 Å². The van der Waals surface area contributed by atoms with Crippen molar-refractivity contribution < 1.29 is 14.6 Å². The van der Waals surface area contributed by atoms with E-state index in [4.69, 9.17) is 4.74 Å². The topological polar surface area (TPSA) is 46.5 Å². The fourth-order valence-electron chi connectivity index (χ4n) is 2.27. The minimum atomic E-state index is -0.882. The number of carbonyl (C=O) groups is 1. The quantitative estimate of drug-likeness (QED) is 0.661. The van der Waals surface area contributed by atoms with Gasteiger partial charge in [-0.1, -0.05) is 51.4 Å². The van der Waals surface area contributed by atoms with Crippen molar-refractivity contribution in [2.75, 3.05) is 0 Å². The highest BCUT2D eigenvalue weighted by Gasteiger charge is 2.10. The number of esters is 1. The van der Waals surface area contributed by atoms with Crippen LogP contribution in [0.1, 0.15) is 77.0 Å². The summed E-state index contributed by atoms with van der Waals surface area (Å²) in [6.45, 7) is 0. The molecule has 0 saturated carbocycles. The number of carbonyl (C=O) groups excluding carboxylic acids is 1. The number of hydrogen-bond donors (Lipinski definition) is 1. The van der Waals surface area contributed by atoms with Gasteiger partial charge in [-0.25, -0.2) is 0 Å². The average molecular weight is 242 g/mol. The Hall–Kier alpha value is -0.570. The molecule has 0 spiro atoms. The van der Waals surface area contributed by atoms with Gasteiger partial charge in [0.15, 0.2) is 0 Å². The monoisotopic (exact) mass is 242 g/mol. The van der Waals surface area contributed by atoms with Crippen LogP contribution in [-0.2, 0) is 9.53 Å². The maximum atomic E-state index is 11.3. The zero-order chi connectivity index (χ0) is 12.3. The van der Waals surface area contributed by atoms with Crippen molar-refractivity contribution >= 4 is 5.97 Å². The molecule has 1 aliphatic rings. The average Bonchev–Trinajstić information content (AvgIpc) is 2.30. The van der Waals surface area contributed by atoms with E-state index in [9.17, 15) is 9.90 Å². The first-order chi connectivity index (χ1) is 8.29. The van der Waals surface area contributed by atoms with Crippen LogP contribution < -0.4 is 0 Å². The van der Waals surface area contributed by atoms with E-state index in [1.807, 2.05) is 0 Å². The zero-order valence-electron chi connectivity index (χ0n) is 10.8. The van der Waals surface area contributed by atoms with E-state index >= 15 is 0 Å². The van der Waals surface area contributed by atoms with Crippen LogP contribution in [0.3, 0.4) is 0 Å². The van der Waals surface area contributed by atoms with Crippen molar-refractivity contribution in [1.29, 1.82) is 0 Å². The van der Waals surface area contributed by atoms with Gasteiger partial charge in [0, 0.05) is 12.8 Å². The van der Waals surface area contributed by atoms with E-state index in [-0.39, 0.29) is 5.97 Å². The third kappa shape index (κ3) is 8.19. The van der Waals surface area contributed by atoms with Crippen molar-refractivity contribution in [3.05, 3.63) is 0 Å². The van der Waals surface area contributed by atoms with Gasteiger partial charge in [0.2, 0.25) is 6.29 Å². The van der Waals surface area contributed by atoms with Gasteiger partial charge in [-0.2, -0.15) is 0 Å². The van der Waals surface area contributed by atoms with Crippen molar-refractivity contribution in [2.24, 2.45) is 0 Å². The van der Waals surface area contributed by atoms with Crippen molar-refractivity contribution in [3.8, 4) is 0 Å². The lowest BCUT2D eigenvalue weighted by Gasteiger charge is -2.11. The lowest BCUT2D eigenvalue weighted by molar-refractivity contribution is -0.168. The lowest BCUT2D eigenvalue weighted by atomic mass is 10.1. The molecule has 1 heterocycles. The van der Waals surface area contributed by atoms with Crippen LogP contribution in [0.2, 0.25) is 0 Å². The molecule has 3 heteroatoms. The largest absolute Gasteiger partial charge is 0.436 e. The highest BCUT2D eigenvalue weighted by atomic mass is 16.6. The summed E-state index contributed by atoms with van der Waals surface area (Å²) in [6.07, 6.45) is 11.9. The SMILES string of the molecule is O=C1CCCCCCCCCCCCC(O)O1. The molecule has 0 aromatic carbocycles. The second-order valence-electron chi connectivity index (χ2n) is 5.02. The predicted octanol–water partition coefficient (Wildman–Crippen LogP) is 3.54. The normalized spacial score (nSPS) is 26.6. The minimum absolute atomic E-state index is 0.243. The molecule has 0 bridgehead atoms. The van der Waals surface area contributed by atoms with Crippen LogP contribution in [0, 0.1) is 0 Å². The Morgan fingerprint density at radius 2 is 1.29 bits per heavy atom. The Kier molecular flexibility index (Phi) is 8.06. The van der Waals surface area contributed by atoms with Gasteiger partial charge in [-0.15, -0.1) is 0 Å². The molecule has 1 saturated heterocycles. The number of aliphatic hydroxyl groups excluding tert-OH is 1. The fraction of sp³-hybridized carbons (Fsp3) is 0.929. The first-order valence-electron chi connectivity index (χ1n) is 7.16. The zero-order valence-corrected chi connectivity index (χ0v) is 10.8. The van der Waals surface area contributed by atoms with Crippen LogP contribution in [-0.4, -0.2) is 17.4 Å². The highest BCUT2D eigenvalue weighted by Crippen LogP contribution is 2.14. The molecule has 1 atom stereocenters. The second kappa shape index (κ2) is 9.46. The summed E-state index contributed by atoms with van der Waals surface area (Å²) in [7, 11) is 0. The smallest absolute Gasteiger partial charge is 0.308 e. The molecule has 1 rings (SSSR count). The Balaban J connectivity index is 2.23. The van der Waals surface area contributed by atoms with Crippen LogP contribution in [0.15, 0.2) is 0 Å². The highest BCUT2D eigenvalue weighted by molar-refractivity contribution is 5.69. The van der Waals surface area contributed by atoms with Gasteiger partial charge < -0.3 is 9.84 Å². The van der Waals surface area contributed by atoms with Crippen molar-refractivity contribution in [3.63, 3.8) is 0 Å². The first kappa shape index (κ1) is 14.5. The number of hydrogen-bond acceptors (Lipinski definition) is 3. The summed E-state index contributed by atoms with van der Waals surface area (Å²) in [5.74, 6) is -0.243. The Morgan fingerprint density at radius 3 is 1.88 bits per heavy atom. The molecular weight excluding hydrogens is 216 g/mol. The number of cyclic esters (lactones) is 1. The number of ether oxygens (including phenoxy) is 1. The molecule has 0 radical (unpaired) electrons. The van der Waals surface area contributed by atoms with Gasteiger partial charge in [0.05, 0.1) is 0 Å². The van der Waals surface area contributed by atoms with Crippen molar-refractivity contribution in [1.82, 2.24) is 0 Å². The third-order valence-electron chi connectivity index (χ3n) is 3.35. The van der Waals surface area contributed by atoms with E-state index in [0.717, 1.165) is 25.7 Å². The first-order valence-corrected chi connectivity index (χ1v) is 7.16. The fourth-order valence-corrected chi connectivity index (χ4v) is 2.27. The van der Waals surface area contributed by atoms with Crippen LogP contribution in [0.25, 0.3) is 0 Å². The van der Waals surface area contributed by atoms with Crippen molar-refractivity contribution in [2.45, 2.75) is 83.3 Å². The van der Waals surface area contributed by atoms with Crippen LogP contribution in [0.5, 0.6) is 0 Å². The van der Waals surface area contributed by atoms with Gasteiger partial charge in [-0.3, -0.25) is 4.79 Å². The summed E-state index contributed by atoms with van der Waals surface area (Å²) >= 11 is 0. The standard InChI is InChI=1S/C14H26O3/c15-13-11-9-7-5-3-1-2-4-6-8-10-12-14(16)17-13/h13,15H,1-12H2. The molecule has 1 fully saturated rings. The molecule has 1 aliphatic heterocycles. The second-order valence-corrected chi connectivity index (χ2v) is 5.02. The summed E-state index contributed by atoms with van der Waals surface area (Å²) in [5, 5.41) is 9.50. The Bertz CT molecular complexity index is 204. The summed E-state index contributed by atoms with van der Waals surface area (Å²) in [5.41, 5.74) is 0. The van der Waals surface area contributed by atoms with Crippen LogP contribution in [0.4, 0.5) is 0 Å². The Labute approximate surface area is 105 Å². The number of aliphatic hydroxyl groups is 1. The molecular formula is C14H26O3. The van der Waals surface area contributed by atoms with Gasteiger partial charge in [-0.05, 0) is 12.8 Å². The summed E-state index contributed by atoms with van der Waals surface area (Å²) < 4.78 is 4.94. The molecule has 1 N–H and O–H groups in total. The molecule has 0 aliphatic carbocycles. The number of rotatable bonds is 0. The van der Waals surface area contributed by atoms with Gasteiger partial charge >= 0.3 is 5.97 Å². The van der Waals surface area contributed by atoms with Gasteiger partial charge in [0.1, 0.15) is 0 Å². The maximum Gasteiger partial charge on any atom is 0.308 e. The molecule has 3 nitrogen and oxygen atoms in total. The molecule has 0 aromatic heterocycles. The summed E-state index contributed by atoms with van der Waals surface area (Å²) in [4.78, 5) is 11.3. The molecule has 17 heavy (non-hydrogen) atoms. The van der Waals surface area contributed by atoms with Crippen LogP contribution >= 0.6 is 0 Å². The molecule has 0 aromatic rings. The Morgan fingerprint density at radius 1 is 0.824 bits per heavy atom. The molecule has 0 amide bonds. The minimum Gasteiger partial charge on any atom is -0.436 e. The molecule has 1 unspecified atom stereocenters. The van der Waals surface area contributed by atoms with E-state index in [0.29, 0.717) is 12.8 Å². The predicted molar refractivity (Wildman–Crippen MR) is 67.5 cm³/mol.